The van der Waals surface area contributed by atoms with Crippen LogP contribution in [-0.2, 0) is 25.5 Å². The van der Waals surface area contributed by atoms with E-state index in [2.05, 4.69) is 4.74 Å². The van der Waals surface area contributed by atoms with Crippen molar-refractivity contribution < 1.29 is 23.9 Å². The van der Waals surface area contributed by atoms with E-state index < -0.39 is 0 Å². The smallest absolute Gasteiger partial charge is 0.305 e. The summed E-state index contributed by atoms with van der Waals surface area (Å²) in [6.07, 6.45) is 8.96. The molecule has 0 aliphatic heterocycles. The van der Waals surface area contributed by atoms with Gasteiger partial charge in [0.15, 0.2) is 5.78 Å². The van der Waals surface area contributed by atoms with Gasteiger partial charge in [0, 0.05) is 24.1 Å². The summed E-state index contributed by atoms with van der Waals surface area (Å²) in [5.74, 6) is -0.102. The van der Waals surface area contributed by atoms with Crippen molar-refractivity contribution in [1.82, 2.24) is 0 Å². The van der Waals surface area contributed by atoms with E-state index in [1.807, 2.05) is 12.1 Å². The van der Waals surface area contributed by atoms with Crippen molar-refractivity contribution in [2.75, 3.05) is 13.7 Å². The third-order valence-electron chi connectivity index (χ3n) is 4.31. The molecule has 0 N–H and O–H groups in total. The molecular weight excluding hydrogens is 364 g/mol. The quantitative estimate of drug-likeness (QED) is 0.234. The van der Waals surface area contributed by atoms with Gasteiger partial charge in [-0.25, -0.2) is 0 Å². The van der Waals surface area contributed by atoms with E-state index in [1.54, 1.807) is 18.3 Å². The standard InChI is InChI=1S/C21H32O5S/c1-3-26-21(24)14-10-6-8-12-18(22)19-16-15-17(27-19)11-7-4-5-9-13-20(23)25-2/h15-16H,3-14H2,1-2H3. The number of aryl methyl sites for hydroxylation is 1. The van der Waals surface area contributed by atoms with Crippen LogP contribution in [0.4, 0.5) is 0 Å². The lowest BCUT2D eigenvalue weighted by atomic mass is 10.1. The number of Topliss-reactive ketones (excluding diaryl/α,β-unsaturated/α-hetero) is 1. The number of hydrogen-bond acceptors (Lipinski definition) is 6. The minimum Gasteiger partial charge on any atom is -0.469 e. The van der Waals surface area contributed by atoms with Gasteiger partial charge in [0.05, 0.1) is 18.6 Å². The zero-order chi connectivity index (χ0) is 19.9. The second kappa shape index (κ2) is 14.4. The molecule has 0 saturated heterocycles. The Balaban J connectivity index is 2.13. The molecule has 27 heavy (non-hydrogen) atoms. The zero-order valence-corrected chi connectivity index (χ0v) is 17.4. The van der Waals surface area contributed by atoms with Crippen LogP contribution in [0.5, 0.6) is 0 Å². The second-order valence-corrected chi connectivity index (χ2v) is 7.71. The number of methoxy groups -OCH3 is 1. The Morgan fingerprint density at radius 1 is 0.852 bits per heavy atom. The number of ether oxygens (including phenoxy) is 2. The minimum atomic E-state index is -0.156. The molecule has 0 aliphatic rings. The Morgan fingerprint density at radius 2 is 1.48 bits per heavy atom. The molecule has 0 saturated carbocycles. The fourth-order valence-corrected chi connectivity index (χ4v) is 3.79. The molecule has 5 nitrogen and oxygen atoms in total. The maximum Gasteiger partial charge on any atom is 0.305 e. The number of carbonyl (C=O) groups excluding carboxylic acids is 3. The number of carbonyl (C=O) groups is 3. The largest absolute Gasteiger partial charge is 0.469 e. The molecule has 1 aromatic rings. The summed E-state index contributed by atoms with van der Waals surface area (Å²) in [6, 6.07) is 3.98. The van der Waals surface area contributed by atoms with E-state index in [4.69, 9.17) is 4.74 Å². The molecule has 0 aliphatic carbocycles. The van der Waals surface area contributed by atoms with Crippen LogP contribution in [0.1, 0.15) is 85.7 Å². The molecule has 0 fully saturated rings. The lowest BCUT2D eigenvalue weighted by molar-refractivity contribution is -0.143. The molecule has 0 amide bonds. The number of ketones is 1. The summed E-state index contributed by atoms with van der Waals surface area (Å²) in [6.45, 7) is 2.22. The Morgan fingerprint density at radius 3 is 2.19 bits per heavy atom. The minimum absolute atomic E-state index is 0.141. The summed E-state index contributed by atoms with van der Waals surface area (Å²) < 4.78 is 9.51. The lowest BCUT2D eigenvalue weighted by Crippen LogP contribution is -2.03. The van der Waals surface area contributed by atoms with Crippen molar-refractivity contribution >= 4 is 29.1 Å². The van der Waals surface area contributed by atoms with Crippen LogP contribution in [-0.4, -0.2) is 31.4 Å². The maximum atomic E-state index is 12.2. The summed E-state index contributed by atoms with van der Waals surface area (Å²) in [5.41, 5.74) is 0. The SMILES string of the molecule is CCOC(=O)CCCCCC(=O)c1ccc(CCCCCCC(=O)OC)s1. The van der Waals surface area contributed by atoms with Crippen LogP contribution >= 0.6 is 11.3 Å². The molecular formula is C21H32O5S. The van der Waals surface area contributed by atoms with Crippen LogP contribution in [0.2, 0.25) is 0 Å². The first-order valence-electron chi connectivity index (χ1n) is 9.91. The van der Waals surface area contributed by atoms with Gasteiger partial charge in [0.2, 0.25) is 0 Å². The van der Waals surface area contributed by atoms with Gasteiger partial charge < -0.3 is 9.47 Å². The first-order chi connectivity index (χ1) is 13.1. The van der Waals surface area contributed by atoms with Crippen LogP contribution < -0.4 is 0 Å². The monoisotopic (exact) mass is 396 g/mol. The number of rotatable bonds is 15. The number of hydrogen-bond donors (Lipinski definition) is 0. The molecule has 0 spiro atoms. The van der Waals surface area contributed by atoms with Crippen molar-refractivity contribution in [3.8, 4) is 0 Å². The normalized spacial score (nSPS) is 10.6. The highest BCUT2D eigenvalue weighted by Crippen LogP contribution is 2.21. The third-order valence-corrected chi connectivity index (χ3v) is 5.49. The van der Waals surface area contributed by atoms with Gasteiger partial charge in [-0.2, -0.15) is 0 Å². The third kappa shape index (κ3) is 10.9. The molecule has 1 rings (SSSR count). The van der Waals surface area contributed by atoms with E-state index in [-0.39, 0.29) is 17.7 Å². The summed E-state index contributed by atoms with van der Waals surface area (Å²) in [7, 11) is 1.42. The summed E-state index contributed by atoms with van der Waals surface area (Å²) >= 11 is 1.59. The second-order valence-electron chi connectivity index (χ2n) is 6.55. The van der Waals surface area contributed by atoms with Crippen molar-refractivity contribution in [1.29, 1.82) is 0 Å². The molecule has 0 unspecified atom stereocenters. The van der Waals surface area contributed by atoms with Gasteiger partial charge in [-0.05, 0) is 51.2 Å². The molecule has 0 bridgehead atoms. The number of esters is 2. The van der Waals surface area contributed by atoms with Gasteiger partial charge in [-0.15, -0.1) is 11.3 Å². The number of thiophene rings is 1. The number of unbranched alkanes of at least 4 members (excludes halogenated alkanes) is 5. The lowest BCUT2D eigenvalue weighted by Gasteiger charge is -2.02. The molecule has 1 heterocycles. The molecule has 1 aromatic heterocycles. The maximum absolute atomic E-state index is 12.2. The fourth-order valence-electron chi connectivity index (χ4n) is 2.77. The summed E-state index contributed by atoms with van der Waals surface area (Å²) in [5, 5.41) is 0. The average molecular weight is 397 g/mol. The Kier molecular flexibility index (Phi) is 12.4. The molecule has 6 heteroatoms. The van der Waals surface area contributed by atoms with Crippen molar-refractivity contribution in [3.63, 3.8) is 0 Å². The van der Waals surface area contributed by atoms with E-state index in [0.717, 1.165) is 56.2 Å². The molecule has 0 radical (unpaired) electrons. The van der Waals surface area contributed by atoms with E-state index in [0.29, 0.717) is 25.9 Å². The average Bonchev–Trinajstić information content (AvgIpc) is 3.13. The van der Waals surface area contributed by atoms with Gasteiger partial charge in [-0.3, -0.25) is 14.4 Å². The van der Waals surface area contributed by atoms with Crippen molar-refractivity contribution in [2.24, 2.45) is 0 Å². The zero-order valence-electron chi connectivity index (χ0n) is 16.6. The summed E-state index contributed by atoms with van der Waals surface area (Å²) in [4.78, 5) is 36.6. The van der Waals surface area contributed by atoms with Gasteiger partial charge >= 0.3 is 11.9 Å². The van der Waals surface area contributed by atoms with Crippen LogP contribution in [0, 0.1) is 0 Å². The fraction of sp³-hybridized carbons (Fsp3) is 0.667. The Hall–Kier alpha value is -1.69. The predicted octanol–water partition coefficient (Wildman–Crippen LogP) is 5.11. The van der Waals surface area contributed by atoms with Crippen LogP contribution in [0.15, 0.2) is 12.1 Å². The highest BCUT2D eigenvalue weighted by Gasteiger charge is 2.10. The van der Waals surface area contributed by atoms with Gasteiger partial charge in [-0.1, -0.05) is 19.3 Å². The van der Waals surface area contributed by atoms with E-state index in [9.17, 15) is 14.4 Å². The highest BCUT2D eigenvalue weighted by molar-refractivity contribution is 7.14. The van der Waals surface area contributed by atoms with Crippen molar-refractivity contribution in [3.05, 3.63) is 21.9 Å². The van der Waals surface area contributed by atoms with Gasteiger partial charge in [0.1, 0.15) is 0 Å². The molecule has 152 valence electrons. The van der Waals surface area contributed by atoms with Crippen LogP contribution in [0.3, 0.4) is 0 Å². The van der Waals surface area contributed by atoms with E-state index >= 15 is 0 Å². The molecule has 0 atom stereocenters. The topological polar surface area (TPSA) is 69.7 Å². The Bertz CT molecular complexity index is 579. The van der Waals surface area contributed by atoms with E-state index in [1.165, 1.54) is 12.0 Å². The van der Waals surface area contributed by atoms with Crippen molar-refractivity contribution in [2.45, 2.75) is 77.6 Å². The predicted molar refractivity (Wildman–Crippen MR) is 107 cm³/mol. The Labute approximate surface area is 166 Å². The molecule has 0 aromatic carbocycles. The first-order valence-corrected chi connectivity index (χ1v) is 10.7. The first kappa shape index (κ1) is 23.3. The van der Waals surface area contributed by atoms with Crippen LogP contribution in [0.25, 0.3) is 0 Å². The highest BCUT2D eigenvalue weighted by atomic mass is 32.1. The van der Waals surface area contributed by atoms with Gasteiger partial charge in [0.25, 0.3) is 0 Å².